The Bertz CT molecular complexity index is 707. The van der Waals surface area contributed by atoms with Gasteiger partial charge in [-0.3, -0.25) is 4.79 Å². The Morgan fingerprint density at radius 3 is 2.50 bits per heavy atom. The summed E-state index contributed by atoms with van der Waals surface area (Å²) in [4.78, 5) is 24.2. The minimum Gasteiger partial charge on any atom is -0.452 e. The number of aryl methyl sites for hydroxylation is 1. The largest absolute Gasteiger partial charge is 0.452 e. The number of aromatic nitrogens is 1. The van der Waals surface area contributed by atoms with Gasteiger partial charge in [0.15, 0.2) is 12.4 Å². The third-order valence-corrected chi connectivity index (χ3v) is 3.63. The second-order valence-electron chi connectivity index (χ2n) is 5.94. The zero-order valence-electron chi connectivity index (χ0n) is 14.3. The molecule has 1 aromatic heterocycles. The van der Waals surface area contributed by atoms with E-state index in [1.807, 2.05) is 51.1 Å². The summed E-state index contributed by atoms with van der Waals surface area (Å²) in [6.07, 6.45) is 0. The smallest absolute Gasteiger partial charge is 0.344 e. The first kappa shape index (κ1) is 17.7. The van der Waals surface area contributed by atoms with E-state index < -0.39 is 5.97 Å². The van der Waals surface area contributed by atoms with Crippen molar-refractivity contribution >= 4 is 11.9 Å². The summed E-state index contributed by atoms with van der Waals surface area (Å²) in [5.74, 6) is -0.490. The first-order chi connectivity index (χ1) is 11.4. The van der Waals surface area contributed by atoms with Crippen LogP contribution in [0, 0.1) is 6.92 Å². The number of hydrogen-bond acceptors (Lipinski definition) is 5. The number of carbonyl (C=O) groups is 2. The minimum atomic E-state index is -0.597. The molecule has 6 heteroatoms. The van der Waals surface area contributed by atoms with Crippen LogP contribution >= 0.6 is 0 Å². The highest BCUT2D eigenvalue weighted by atomic mass is 16.5. The molecular formula is C18H22N2O4. The van der Waals surface area contributed by atoms with Crippen LogP contribution in [0.3, 0.4) is 0 Å². The maximum absolute atomic E-state index is 12.2. The number of esters is 1. The van der Waals surface area contributed by atoms with Gasteiger partial charge in [-0.25, -0.2) is 4.79 Å². The average molecular weight is 330 g/mol. The van der Waals surface area contributed by atoms with Crippen molar-refractivity contribution in [3.05, 3.63) is 52.9 Å². The maximum Gasteiger partial charge on any atom is 0.344 e. The van der Waals surface area contributed by atoms with Crippen LogP contribution in [0.5, 0.6) is 0 Å². The normalized spacial score (nSPS) is 12.0. The van der Waals surface area contributed by atoms with Gasteiger partial charge in [0.2, 0.25) is 0 Å². The predicted octanol–water partition coefficient (Wildman–Crippen LogP) is 3.14. The molecule has 0 unspecified atom stereocenters. The number of benzene rings is 1. The zero-order valence-corrected chi connectivity index (χ0v) is 14.3. The monoisotopic (exact) mass is 330 g/mol. The van der Waals surface area contributed by atoms with Crippen LogP contribution in [0.15, 0.2) is 34.9 Å². The molecule has 0 aliphatic carbocycles. The molecule has 1 amide bonds. The maximum atomic E-state index is 12.2. The lowest BCUT2D eigenvalue weighted by molar-refractivity contribution is -0.124. The molecule has 1 heterocycles. The minimum absolute atomic E-state index is 0.000629. The first-order valence-corrected chi connectivity index (χ1v) is 7.87. The fraction of sp³-hybridized carbons (Fsp3) is 0.389. The summed E-state index contributed by atoms with van der Waals surface area (Å²) in [7, 11) is 0. The number of hydrogen-bond donors (Lipinski definition) is 1. The van der Waals surface area contributed by atoms with Crippen LogP contribution < -0.4 is 5.32 Å². The predicted molar refractivity (Wildman–Crippen MR) is 88.6 cm³/mol. The Labute approximate surface area is 141 Å². The molecule has 0 aliphatic heterocycles. The van der Waals surface area contributed by atoms with Gasteiger partial charge in [-0.15, -0.1) is 0 Å². The van der Waals surface area contributed by atoms with Crippen LogP contribution in [0.25, 0.3) is 0 Å². The molecular weight excluding hydrogens is 308 g/mol. The van der Waals surface area contributed by atoms with E-state index in [4.69, 9.17) is 9.26 Å². The van der Waals surface area contributed by atoms with Crippen molar-refractivity contribution in [3.8, 4) is 0 Å². The summed E-state index contributed by atoms with van der Waals surface area (Å²) < 4.78 is 10.3. The molecule has 6 nitrogen and oxygen atoms in total. The highest BCUT2D eigenvalue weighted by Crippen LogP contribution is 2.22. The highest BCUT2D eigenvalue weighted by Gasteiger charge is 2.24. The van der Waals surface area contributed by atoms with E-state index in [-0.39, 0.29) is 24.5 Å². The Morgan fingerprint density at radius 2 is 1.88 bits per heavy atom. The summed E-state index contributed by atoms with van der Waals surface area (Å²) in [5, 5.41) is 6.59. The van der Waals surface area contributed by atoms with Crippen LogP contribution in [0.4, 0.5) is 0 Å². The van der Waals surface area contributed by atoms with E-state index in [2.05, 4.69) is 10.5 Å². The molecule has 128 valence electrons. The lowest BCUT2D eigenvalue weighted by Gasteiger charge is -2.14. The number of rotatable bonds is 6. The molecule has 1 atom stereocenters. The Balaban J connectivity index is 1.92. The zero-order chi connectivity index (χ0) is 17.7. The Morgan fingerprint density at radius 1 is 1.21 bits per heavy atom. The summed E-state index contributed by atoms with van der Waals surface area (Å²) in [6, 6.07) is 9.40. The number of amides is 1. The van der Waals surface area contributed by atoms with Crippen molar-refractivity contribution in [2.75, 3.05) is 6.61 Å². The standard InChI is InChI=1S/C18H22N2O4/c1-11(2)17-16(13(4)20-24-17)18(22)23-10-15(21)19-12(3)14-8-6-5-7-9-14/h5-9,11-12H,10H2,1-4H3,(H,19,21)/t12-/m1/s1. The van der Waals surface area contributed by atoms with Crippen molar-refractivity contribution in [1.82, 2.24) is 10.5 Å². The number of nitrogens with zero attached hydrogens (tertiary/aromatic N) is 1. The lowest BCUT2D eigenvalue weighted by Crippen LogP contribution is -2.31. The first-order valence-electron chi connectivity index (χ1n) is 7.87. The van der Waals surface area contributed by atoms with E-state index in [0.29, 0.717) is 17.0 Å². The van der Waals surface area contributed by atoms with Crippen molar-refractivity contribution in [1.29, 1.82) is 0 Å². The summed E-state index contributed by atoms with van der Waals surface area (Å²) >= 11 is 0. The van der Waals surface area contributed by atoms with Crippen molar-refractivity contribution in [2.24, 2.45) is 0 Å². The van der Waals surface area contributed by atoms with Crippen LogP contribution in [0.1, 0.15) is 60.1 Å². The van der Waals surface area contributed by atoms with Crippen LogP contribution in [0.2, 0.25) is 0 Å². The van der Waals surface area contributed by atoms with Crippen molar-refractivity contribution in [2.45, 2.75) is 39.7 Å². The van der Waals surface area contributed by atoms with Gasteiger partial charge < -0.3 is 14.6 Å². The van der Waals surface area contributed by atoms with E-state index >= 15 is 0 Å². The summed E-state index contributed by atoms with van der Waals surface area (Å²) in [6.45, 7) is 6.98. The van der Waals surface area contributed by atoms with Gasteiger partial charge >= 0.3 is 5.97 Å². The fourth-order valence-corrected chi connectivity index (χ4v) is 2.34. The van der Waals surface area contributed by atoms with E-state index in [1.54, 1.807) is 6.92 Å². The second kappa shape index (κ2) is 7.77. The molecule has 2 rings (SSSR count). The van der Waals surface area contributed by atoms with E-state index in [0.717, 1.165) is 5.56 Å². The van der Waals surface area contributed by atoms with Gasteiger partial charge in [0.05, 0.1) is 11.7 Å². The Kier molecular flexibility index (Phi) is 5.73. The van der Waals surface area contributed by atoms with E-state index in [9.17, 15) is 9.59 Å². The second-order valence-corrected chi connectivity index (χ2v) is 5.94. The SMILES string of the molecule is Cc1noc(C(C)C)c1C(=O)OCC(=O)N[C@H](C)c1ccccc1. The fourth-order valence-electron chi connectivity index (χ4n) is 2.34. The molecule has 0 saturated heterocycles. The van der Waals surface area contributed by atoms with E-state index in [1.165, 1.54) is 0 Å². The topological polar surface area (TPSA) is 81.4 Å². The van der Waals surface area contributed by atoms with Crippen molar-refractivity contribution < 1.29 is 18.8 Å². The Hall–Kier alpha value is -2.63. The van der Waals surface area contributed by atoms with Crippen molar-refractivity contribution in [3.63, 3.8) is 0 Å². The molecule has 2 aromatic rings. The third-order valence-electron chi connectivity index (χ3n) is 3.63. The summed E-state index contributed by atoms with van der Waals surface area (Å²) in [5.41, 5.74) is 1.74. The average Bonchev–Trinajstić information content (AvgIpc) is 2.95. The van der Waals surface area contributed by atoms with Gasteiger partial charge in [0.25, 0.3) is 5.91 Å². The molecule has 24 heavy (non-hydrogen) atoms. The molecule has 1 N–H and O–H groups in total. The molecule has 0 saturated carbocycles. The molecule has 1 aromatic carbocycles. The number of carbonyl (C=O) groups excluding carboxylic acids is 2. The molecule has 0 spiro atoms. The third kappa shape index (κ3) is 4.22. The molecule has 0 fully saturated rings. The van der Waals surface area contributed by atoms with Gasteiger partial charge in [-0.2, -0.15) is 0 Å². The highest BCUT2D eigenvalue weighted by molar-refractivity contribution is 5.93. The molecule has 0 bridgehead atoms. The molecule has 0 radical (unpaired) electrons. The van der Waals surface area contributed by atoms with Crippen LogP contribution in [-0.2, 0) is 9.53 Å². The molecule has 0 aliphatic rings. The lowest BCUT2D eigenvalue weighted by atomic mass is 10.1. The quantitative estimate of drug-likeness (QED) is 0.823. The van der Waals surface area contributed by atoms with Gasteiger partial charge in [-0.05, 0) is 19.4 Å². The number of ether oxygens (including phenoxy) is 1. The van der Waals surface area contributed by atoms with Gasteiger partial charge in [-0.1, -0.05) is 49.3 Å². The van der Waals surface area contributed by atoms with Gasteiger partial charge in [0, 0.05) is 5.92 Å². The number of nitrogens with one attached hydrogen (secondary N) is 1. The van der Waals surface area contributed by atoms with Gasteiger partial charge in [0.1, 0.15) is 5.56 Å². The van der Waals surface area contributed by atoms with Crippen LogP contribution in [-0.4, -0.2) is 23.6 Å².